The number of hydrogen-bond acceptors (Lipinski definition) is 3. The molecule has 10 heteroatoms. The Hall–Kier alpha value is -2.52. The molecule has 1 heterocycles. The molecule has 0 radical (unpaired) electrons. The maximum Gasteiger partial charge on any atom is 0.418 e. The van der Waals surface area contributed by atoms with E-state index in [-0.39, 0.29) is 52.6 Å². The number of halogens is 6. The zero-order chi connectivity index (χ0) is 27.8. The van der Waals surface area contributed by atoms with Gasteiger partial charge in [0, 0.05) is 17.4 Å². The molecule has 0 saturated heterocycles. The molecule has 3 unspecified atom stereocenters. The van der Waals surface area contributed by atoms with Crippen LogP contribution in [0.5, 0.6) is 0 Å². The fraction of sp³-hybridized carbons (Fsp3) is 0.643. The molecule has 3 saturated carbocycles. The minimum atomic E-state index is -5.06. The van der Waals surface area contributed by atoms with Gasteiger partial charge in [0.1, 0.15) is 6.10 Å². The molecule has 5 rings (SSSR count). The number of ether oxygens (including phenoxy) is 1. The average Bonchev–Trinajstić information content (AvgIpc) is 3.17. The zero-order valence-electron chi connectivity index (χ0n) is 21.4. The van der Waals surface area contributed by atoms with Crippen molar-refractivity contribution >= 4 is 17.6 Å². The van der Waals surface area contributed by atoms with Crippen LogP contribution in [0, 0.1) is 40.4 Å². The topological polar surface area (TPSA) is 55.4 Å². The van der Waals surface area contributed by atoms with Crippen molar-refractivity contribution in [3.63, 3.8) is 0 Å². The number of hydrogen-bond donors (Lipinski definition) is 1. The highest BCUT2D eigenvalue weighted by molar-refractivity contribution is 5.93. The molecule has 4 aliphatic rings. The van der Waals surface area contributed by atoms with Crippen LogP contribution in [0.3, 0.4) is 0 Å². The van der Waals surface area contributed by atoms with E-state index < -0.39 is 41.0 Å². The molecule has 208 valence electrons. The van der Waals surface area contributed by atoms with E-state index in [0.717, 1.165) is 12.8 Å². The van der Waals surface area contributed by atoms with Gasteiger partial charge in [0.15, 0.2) is 0 Å². The van der Waals surface area contributed by atoms with E-state index in [9.17, 15) is 35.9 Å². The molecule has 1 amide bonds. The number of fused-ring (bicyclic) bond motifs is 5. The van der Waals surface area contributed by atoms with Crippen molar-refractivity contribution in [1.82, 2.24) is 0 Å². The predicted octanol–water partition coefficient (Wildman–Crippen LogP) is 7.25. The van der Waals surface area contributed by atoms with E-state index in [1.54, 1.807) is 0 Å². The summed E-state index contributed by atoms with van der Waals surface area (Å²) >= 11 is 0. The van der Waals surface area contributed by atoms with Gasteiger partial charge in [0.25, 0.3) is 0 Å². The first kappa shape index (κ1) is 27.1. The quantitative estimate of drug-likeness (QED) is 0.316. The maximum absolute atomic E-state index is 13.6. The Kier molecular flexibility index (Phi) is 6.23. The van der Waals surface area contributed by atoms with Crippen LogP contribution >= 0.6 is 0 Å². The lowest BCUT2D eigenvalue weighted by Crippen LogP contribution is -2.57. The first-order valence-electron chi connectivity index (χ1n) is 13.0. The Bertz CT molecular complexity index is 1180. The normalized spacial score (nSPS) is 38.6. The van der Waals surface area contributed by atoms with Crippen molar-refractivity contribution in [3.8, 4) is 0 Å². The van der Waals surface area contributed by atoms with Crippen molar-refractivity contribution in [2.45, 2.75) is 71.3 Å². The molecule has 0 aromatic heterocycles. The first-order chi connectivity index (χ1) is 17.5. The van der Waals surface area contributed by atoms with Crippen LogP contribution in [-0.4, -0.2) is 18.0 Å². The third-order valence-electron chi connectivity index (χ3n) is 9.96. The summed E-state index contributed by atoms with van der Waals surface area (Å²) < 4.78 is 85.7. The molecule has 0 bridgehead atoms. The lowest BCUT2D eigenvalue weighted by atomic mass is 9.47. The number of amides is 1. The van der Waals surface area contributed by atoms with E-state index in [1.165, 1.54) is 6.08 Å². The van der Waals surface area contributed by atoms with E-state index in [0.29, 0.717) is 31.4 Å². The maximum atomic E-state index is 13.6. The van der Waals surface area contributed by atoms with Gasteiger partial charge in [0.2, 0.25) is 5.91 Å². The van der Waals surface area contributed by atoms with Gasteiger partial charge in [-0.05, 0) is 79.4 Å². The Morgan fingerprint density at radius 3 is 2.42 bits per heavy atom. The van der Waals surface area contributed by atoms with Crippen LogP contribution in [-0.2, 0) is 26.7 Å². The molecule has 4 nitrogen and oxygen atoms in total. The van der Waals surface area contributed by atoms with Gasteiger partial charge in [-0.2, -0.15) is 26.3 Å². The fourth-order valence-electron chi connectivity index (χ4n) is 8.09. The Balaban J connectivity index is 1.39. The molecular formula is C28H31F6NO3. The zero-order valence-corrected chi connectivity index (χ0v) is 21.4. The summed E-state index contributed by atoms with van der Waals surface area (Å²) in [4.78, 5) is 25.2. The standard InChI is InChI=1S/C28H31F6NO3/c1-14-10-21-26(3,9-7-22(36)38-21)17-6-8-25(2)13-15(11-19(25)23(14)17)24(37)35-20-5-4-16(27(29,30)31)12-18(20)28(32,33)34/h4-5,7,9,12,14-15,17,19,21,23H,6,8,10-11,13H2,1-3H3,(H,35,37)/t14?,15?,17-,19+,21?,23-,25-,26-/m1/s1. The highest BCUT2D eigenvalue weighted by Gasteiger charge is 2.61. The minimum Gasteiger partial charge on any atom is -0.458 e. The second-order valence-electron chi connectivity index (χ2n) is 12.2. The van der Waals surface area contributed by atoms with Crippen molar-refractivity contribution in [2.75, 3.05) is 5.32 Å². The van der Waals surface area contributed by atoms with Crippen LogP contribution in [0.2, 0.25) is 0 Å². The molecule has 1 N–H and O–H groups in total. The van der Waals surface area contributed by atoms with Gasteiger partial charge in [0.05, 0.1) is 16.8 Å². The van der Waals surface area contributed by atoms with Crippen LogP contribution < -0.4 is 5.32 Å². The summed E-state index contributed by atoms with van der Waals surface area (Å²) in [5.74, 6) is -0.594. The number of alkyl halides is 6. The molecule has 3 fully saturated rings. The highest BCUT2D eigenvalue weighted by atomic mass is 19.4. The summed E-state index contributed by atoms with van der Waals surface area (Å²) in [7, 11) is 0. The summed E-state index contributed by atoms with van der Waals surface area (Å²) in [6.07, 6.45) is -3.30. The summed E-state index contributed by atoms with van der Waals surface area (Å²) in [5, 5.41) is 2.31. The Labute approximate surface area is 217 Å². The smallest absolute Gasteiger partial charge is 0.418 e. The third kappa shape index (κ3) is 4.41. The molecular weight excluding hydrogens is 512 g/mol. The molecule has 1 aliphatic heterocycles. The van der Waals surface area contributed by atoms with Crippen molar-refractivity contribution in [2.24, 2.45) is 40.4 Å². The van der Waals surface area contributed by atoms with Gasteiger partial charge in [-0.1, -0.05) is 26.8 Å². The van der Waals surface area contributed by atoms with Crippen molar-refractivity contribution in [1.29, 1.82) is 0 Å². The van der Waals surface area contributed by atoms with Crippen LogP contribution in [0.1, 0.15) is 64.0 Å². The van der Waals surface area contributed by atoms with E-state index in [4.69, 9.17) is 4.74 Å². The van der Waals surface area contributed by atoms with Crippen LogP contribution in [0.25, 0.3) is 0 Å². The van der Waals surface area contributed by atoms with Gasteiger partial charge in [-0.15, -0.1) is 0 Å². The van der Waals surface area contributed by atoms with Gasteiger partial charge >= 0.3 is 18.3 Å². The van der Waals surface area contributed by atoms with E-state index in [1.807, 2.05) is 6.08 Å². The van der Waals surface area contributed by atoms with Gasteiger partial charge in [-0.25, -0.2) is 4.79 Å². The summed E-state index contributed by atoms with van der Waals surface area (Å²) in [6, 6.07) is 1.28. The number of carbonyl (C=O) groups excluding carboxylic acids is 2. The third-order valence-corrected chi connectivity index (χ3v) is 9.96. The molecule has 1 aromatic carbocycles. The number of carbonyl (C=O) groups is 2. The fourth-order valence-corrected chi connectivity index (χ4v) is 8.09. The minimum absolute atomic E-state index is 0.0429. The molecule has 8 atom stereocenters. The lowest BCUT2D eigenvalue weighted by molar-refractivity contribution is -0.173. The molecule has 0 spiro atoms. The first-order valence-corrected chi connectivity index (χ1v) is 13.0. The lowest BCUT2D eigenvalue weighted by Gasteiger charge is -2.59. The molecule has 3 aliphatic carbocycles. The molecule has 38 heavy (non-hydrogen) atoms. The second kappa shape index (κ2) is 8.74. The van der Waals surface area contributed by atoms with Gasteiger partial charge in [-0.3, -0.25) is 4.79 Å². The second-order valence-corrected chi connectivity index (χ2v) is 12.2. The van der Waals surface area contributed by atoms with Crippen molar-refractivity contribution < 1.29 is 40.7 Å². The van der Waals surface area contributed by atoms with Crippen LogP contribution in [0.15, 0.2) is 30.4 Å². The summed E-state index contributed by atoms with van der Waals surface area (Å²) in [5.41, 5.74) is -4.09. The average molecular weight is 544 g/mol. The monoisotopic (exact) mass is 543 g/mol. The van der Waals surface area contributed by atoms with Crippen LogP contribution in [0.4, 0.5) is 32.0 Å². The number of benzene rings is 1. The SMILES string of the molecule is CC1CC2OC(=O)C=C[C@]2(C)[C@@H]2CC[C@]3(C)CC(C(=O)Nc4ccc(C(F)(F)F)cc4C(F)(F)F)C[C@H]3[C@H]12. The molecule has 1 aromatic rings. The number of esters is 1. The largest absolute Gasteiger partial charge is 0.458 e. The summed E-state index contributed by atoms with van der Waals surface area (Å²) in [6.45, 7) is 6.40. The number of anilines is 1. The predicted molar refractivity (Wildman–Crippen MR) is 127 cm³/mol. The van der Waals surface area contributed by atoms with Gasteiger partial charge < -0.3 is 10.1 Å². The van der Waals surface area contributed by atoms with E-state index in [2.05, 4.69) is 26.1 Å². The number of nitrogens with one attached hydrogen (secondary N) is 1. The number of rotatable bonds is 2. The Morgan fingerprint density at radius 2 is 1.76 bits per heavy atom. The van der Waals surface area contributed by atoms with Crippen molar-refractivity contribution in [3.05, 3.63) is 41.5 Å². The van der Waals surface area contributed by atoms with E-state index >= 15 is 0 Å². The Morgan fingerprint density at radius 1 is 1.05 bits per heavy atom. The highest BCUT2D eigenvalue weighted by Crippen LogP contribution is 2.66.